The van der Waals surface area contributed by atoms with Crippen LogP contribution >= 0.6 is 17.0 Å². The Hall–Kier alpha value is 0.674. The van der Waals surface area contributed by atoms with Gasteiger partial charge in [0, 0.05) is 0 Å². The Labute approximate surface area is 264 Å². The van der Waals surface area contributed by atoms with Crippen LogP contribution in [-0.2, 0) is 27.4 Å². The summed E-state index contributed by atoms with van der Waals surface area (Å²) in [5.41, 5.74) is 6.50. The summed E-state index contributed by atoms with van der Waals surface area (Å²) in [6, 6.07) is 2.38. The van der Waals surface area contributed by atoms with Gasteiger partial charge in [0.25, 0.3) is 0 Å². The molecule has 0 aromatic heterocycles. The van der Waals surface area contributed by atoms with Crippen LogP contribution in [0.2, 0.25) is 48.4 Å². The predicted octanol–water partition coefficient (Wildman–Crippen LogP) is 11.4. The van der Waals surface area contributed by atoms with Gasteiger partial charge in [-0.15, -0.1) is 0 Å². The molecule has 0 radical (unpaired) electrons. The van der Waals surface area contributed by atoms with E-state index in [1.807, 2.05) is 0 Å². The first-order valence-corrected chi connectivity index (χ1v) is 34.5. The van der Waals surface area contributed by atoms with Crippen LogP contribution in [0.25, 0.3) is 0 Å². The standard InChI is InChI=1S/C32H55O2Si3.2ClH.Zr/c1-31(2,3)36(7,8)33-29-19-23-15-11-13-17-25(23)27(29)21-35-22-28-26-18-14-12-16-24(26)20-30(28)34-37(9,10)32(4,5)6;;;/h19-20,27-28,35H,11-18,21-22H2,1-10H3;2*1H;/q;;;+2/p-2. The molecule has 0 aromatic carbocycles. The normalized spacial score (nSPS) is 24.9. The molecular weight excluding hydrogens is 663 g/mol. The van der Waals surface area contributed by atoms with Crippen molar-refractivity contribution in [3.63, 3.8) is 0 Å². The van der Waals surface area contributed by atoms with Crippen molar-refractivity contribution in [1.82, 2.24) is 0 Å². The Balaban J connectivity index is 1.61. The molecule has 2 atom stereocenters. The van der Waals surface area contributed by atoms with Crippen molar-refractivity contribution in [2.75, 3.05) is 0 Å². The molecule has 2 unspecified atom stereocenters. The summed E-state index contributed by atoms with van der Waals surface area (Å²) in [6.45, 7) is 23.7. The molecular formula is C32H55Cl2O2Si3Zr. The average Bonchev–Trinajstić information content (AvgIpc) is 3.33. The third kappa shape index (κ3) is 7.31. The quantitative estimate of drug-likeness (QED) is 0.221. The molecule has 0 N–H and O–H groups in total. The van der Waals surface area contributed by atoms with Gasteiger partial charge < -0.3 is 0 Å². The molecule has 0 fully saturated rings. The first-order chi connectivity index (χ1) is 18.4. The Bertz CT molecular complexity index is 1010. The maximum absolute atomic E-state index is 7.15. The van der Waals surface area contributed by atoms with Crippen molar-refractivity contribution >= 4 is 39.6 Å². The third-order valence-electron chi connectivity index (χ3n) is 11.0. The van der Waals surface area contributed by atoms with Crippen LogP contribution in [0.1, 0.15) is 92.9 Å². The van der Waals surface area contributed by atoms with E-state index in [-0.39, 0.29) is 10.1 Å². The van der Waals surface area contributed by atoms with Crippen LogP contribution in [-0.4, -0.2) is 22.6 Å². The van der Waals surface area contributed by atoms with Crippen molar-refractivity contribution in [3.05, 3.63) is 46.0 Å². The van der Waals surface area contributed by atoms with Gasteiger partial charge in [0.15, 0.2) is 0 Å². The SMILES string of the molecule is CC(C)(C)[Si](C)(C)OC1=CC2=C(CCCC2)C1C[SiH](CC1C(O[Si](C)(C)C(C)(C)C)=CC2=C1CCCC2)[Zr]([Cl])[Cl]. The predicted molar refractivity (Wildman–Crippen MR) is 179 cm³/mol. The zero-order chi connectivity index (χ0) is 29.7. The van der Waals surface area contributed by atoms with Gasteiger partial charge in [-0.05, 0) is 0 Å². The van der Waals surface area contributed by atoms with Crippen molar-refractivity contribution in [3.8, 4) is 0 Å². The molecule has 40 heavy (non-hydrogen) atoms. The van der Waals surface area contributed by atoms with Gasteiger partial charge in [-0.1, -0.05) is 0 Å². The Kier molecular flexibility index (Phi) is 10.6. The number of rotatable bonds is 9. The van der Waals surface area contributed by atoms with Crippen LogP contribution in [0.5, 0.6) is 0 Å². The summed E-state index contributed by atoms with van der Waals surface area (Å²) >= 11 is -2.48. The van der Waals surface area contributed by atoms with E-state index >= 15 is 0 Å². The molecule has 0 saturated carbocycles. The molecule has 0 aliphatic heterocycles. The molecule has 0 heterocycles. The number of hydrogen-bond donors (Lipinski definition) is 0. The summed E-state index contributed by atoms with van der Waals surface area (Å²) < 4.78 is 14.2. The van der Waals surface area contributed by atoms with E-state index < -0.39 is 41.1 Å². The van der Waals surface area contributed by atoms with Gasteiger partial charge in [0.05, 0.1) is 0 Å². The van der Waals surface area contributed by atoms with Crippen molar-refractivity contribution in [2.45, 2.75) is 141 Å². The van der Waals surface area contributed by atoms with E-state index in [1.165, 1.54) is 75.0 Å². The second-order valence-electron chi connectivity index (χ2n) is 15.9. The van der Waals surface area contributed by atoms with Gasteiger partial charge in [-0.3, -0.25) is 0 Å². The van der Waals surface area contributed by atoms with Crippen molar-refractivity contribution in [2.24, 2.45) is 11.8 Å². The Morgan fingerprint density at radius 1 is 0.700 bits per heavy atom. The van der Waals surface area contributed by atoms with E-state index in [4.69, 9.17) is 25.9 Å². The zero-order valence-corrected chi connectivity index (χ0v) is 34.2. The first-order valence-electron chi connectivity index (χ1n) is 15.8. The molecule has 225 valence electrons. The summed E-state index contributed by atoms with van der Waals surface area (Å²) in [5, 5.41) is 0.374. The van der Waals surface area contributed by atoms with Crippen LogP contribution in [0.3, 0.4) is 0 Å². The van der Waals surface area contributed by atoms with Crippen LogP contribution in [0.4, 0.5) is 0 Å². The fourth-order valence-electron chi connectivity index (χ4n) is 6.37. The summed E-state index contributed by atoms with van der Waals surface area (Å²) in [4.78, 5) is 0. The molecule has 4 aliphatic rings. The van der Waals surface area contributed by atoms with Crippen LogP contribution < -0.4 is 0 Å². The van der Waals surface area contributed by atoms with E-state index in [9.17, 15) is 0 Å². The van der Waals surface area contributed by atoms with Gasteiger partial charge >= 0.3 is 266 Å². The number of allylic oxidation sites excluding steroid dienone is 6. The van der Waals surface area contributed by atoms with Gasteiger partial charge in [0.2, 0.25) is 0 Å². The molecule has 0 amide bonds. The number of hydrogen-bond acceptors (Lipinski definition) is 2. The molecule has 0 aromatic rings. The average molecular weight is 718 g/mol. The second-order valence-corrected chi connectivity index (χ2v) is 48.8. The fourth-order valence-corrected chi connectivity index (χ4v) is 23.7. The maximum atomic E-state index is 7.15. The van der Waals surface area contributed by atoms with Crippen LogP contribution in [0, 0.1) is 11.8 Å². The Morgan fingerprint density at radius 2 is 1.05 bits per heavy atom. The minimum absolute atomic E-state index is 0.187. The van der Waals surface area contributed by atoms with Crippen LogP contribution in [0.15, 0.2) is 46.0 Å². The first kappa shape index (κ1) is 33.6. The molecule has 0 saturated heterocycles. The van der Waals surface area contributed by atoms with Crippen molar-refractivity contribution in [1.29, 1.82) is 0 Å². The minimum atomic E-state index is -2.48. The summed E-state index contributed by atoms with van der Waals surface area (Å²) in [7, 11) is 10.4. The van der Waals surface area contributed by atoms with E-state index in [0.29, 0.717) is 11.8 Å². The third-order valence-corrected chi connectivity index (χ3v) is 41.4. The topological polar surface area (TPSA) is 18.5 Å². The fraction of sp³-hybridized carbons (Fsp3) is 0.750. The Morgan fingerprint density at radius 3 is 1.38 bits per heavy atom. The van der Waals surface area contributed by atoms with E-state index in [1.54, 1.807) is 22.3 Å². The van der Waals surface area contributed by atoms with E-state index in [0.717, 1.165) is 0 Å². The van der Waals surface area contributed by atoms with Gasteiger partial charge in [-0.25, -0.2) is 0 Å². The molecule has 0 spiro atoms. The molecule has 2 nitrogen and oxygen atoms in total. The zero-order valence-electron chi connectivity index (χ0n) is 27.0. The molecule has 4 rings (SSSR count). The monoisotopic (exact) mass is 715 g/mol. The summed E-state index contributed by atoms with van der Waals surface area (Å²) in [5.74, 6) is 1.99. The van der Waals surface area contributed by atoms with Crippen molar-refractivity contribution < 1.29 is 27.4 Å². The van der Waals surface area contributed by atoms with Gasteiger partial charge in [0.1, 0.15) is 0 Å². The molecule has 8 heteroatoms. The second kappa shape index (κ2) is 12.6. The molecule has 0 bridgehead atoms. The van der Waals surface area contributed by atoms with E-state index in [2.05, 4.69) is 79.9 Å². The summed E-state index contributed by atoms with van der Waals surface area (Å²) in [6.07, 6.45) is 15.0. The van der Waals surface area contributed by atoms with Gasteiger partial charge in [-0.2, -0.15) is 0 Å². The molecule has 4 aliphatic carbocycles. The number of halogens is 2.